The van der Waals surface area contributed by atoms with Crippen molar-refractivity contribution in [3.8, 4) is 0 Å². The third-order valence-electron chi connectivity index (χ3n) is 21.4. The SMILES string of the molecule is CCCCC/C=C\C/C=C\CCCCCCCCC1(CCCCCCCC/C=C\C/C=C\CCCCC)OC[C@H](CN(CCCCCC(=O)NCCOCCOCCO[C@@H]2OC(COC(C)=O)[C@H](C)[C@H](C)C2NC(C)=O)CCCCCC(=O)NCCOCCOCCO[C@@H]2OC(COC(C)=O)[C@H](C)[C@H](C)C2NC(C)=O)O1. The van der Waals surface area contributed by atoms with Crippen LogP contribution in [0.25, 0.3) is 0 Å². The van der Waals surface area contributed by atoms with Crippen LogP contribution in [-0.4, -0.2) is 208 Å². The zero-order chi connectivity index (χ0) is 80.6. The average molecular weight is 1570 g/mol. The van der Waals surface area contributed by atoms with E-state index in [2.05, 4.69) is 88.6 Å². The van der Waals surface area contributed by atoms with Crippen molar-refractivity contribution < 1.29 is 85.6 Å². The molecular formula is C88H157N5O18. The number of allylic oxidation sites excluding steroid dienone is 8. The highest BCUT2D eigenvalue weighted by Gasteiger charge is 2.45. The van der Waals surface area contributed by atoms with Crippen molar-refractivity contribution in [3.05, 3.63) is 48.6 Å². The Hall–Kier alpha value is -4.66. The maximum absolute atomic E-state index is 13.0. The van der Waals surface area contributed by atoms with Crippen LogP contribution in [0.15, 0.2) is 48.6 Å². The van der Waals surface area contributed by atoms with Crippen LogP contribution in [-0.2, 0) is 85.6 Å². The van der Waals surface area contributed by atoms with Crippen LogP contribution >= 0.6 is 0 Å². The fourth-order valence-electron chi connectivity index (χ4n) is 14.4. The second-order valence-corrected chi connectivity index (χ2v) is 31.0. The van der Waals surface area contributed by atoms with Gasteiger partial charge in [0.05, 0.1) is 103 Å². The Balaban J connectivity index is 1.48. The summed E-state index contributed by atoms with van der Waals surface area (Å²) in [6, 6.07) is -0.741. The number of esters is 2. The van der Waals surface area contributed by atoms with E-state index in [9.17, 15) is 28.8 Å². The average Bonchev–Trinajstić information content (AvgIpc) is 1.64. The van der Waals surface area contributed by atoms with E-state index in [1.54, 1.807) is 0 Å². The molecule has 0 aromatic carbocycles. The van der Waals surface area contributed by atoms with Crippen molar-refractivity contribution in [2.24, 2.45) is 23.7 Å². The summed E-state index contributed by atoms with van der Waals surface area (Å²) in [6.45, 7) is 25.5. The summed E-state index contributed by atoms with van der Waals surface area (Å²) in [7, 11) is 0. The van der Waals surface area contributed by atoms with Gasteiger partial charge < -0.3 is 83.0 Å². The van der Waals surface area contributed by atoms with E-state index in [0.29, 0.717) is 72.2 Å². The van der Waals surface area contributed by atoms with Crippen molar-refractivity contribution in [1.82, 2.24) is 26.2 Å². The Labute approximate surface area is 671 Å². The normalized spacial score (nSPS) is 22.0. The molecule has 0 spiro atoms. The summed E-state index contributed by atoms with van der Waals surface area (Å²) in [5.41, 5.74) is 0. The molecule has 642 valence electrons. The van der Waals surface area contributed by atoms with Crippen LogP contribution in [0.1, 0.15) is 288 Å². The minimum Gasteiger partial charge on any atom is -0.463 e. The Morgan fingerprint density at radius 1 is 0.423 bits per heavy atom. The first-order valence-electron chi connectivity index (χ1n) is 43.7. The predicted molar refractivity (Wildman–Crippen MR) is 439 cm³/mol. The lowest BCUT2D eigenvalue weighted by atomic mass is 9.82. The fourth-order valence-corrected chi connectivity index (χ4v) is 14.4. The molecule has 0 aromatic rings. The molecule has 0 aromatic heterocycles. The molecular weight excluding hydrogens is 1410 g/mol. The third-order valence-corrected chi connectivity index (χ3v) is 21.4. The van der Waals surface area contributed by atoms with Crippen molar-refractivity contribution in [3.63, 3.8) is 0 Å². The van der Waals surface area contributed by atoms with E-state index in [4.69, 9.17) is 56.8 Å². The molecule has 3 fully saturated rings. The number of rotatable bonds is 70. The molecule has 0 radical (unpaired) electrons. The Kier molecular flexibility index (Phi) is 60.2. The zero-order valence-electron chi connectivity index (χ0n) is 71.0. The van der Waals surface area contributed by atoms with Gasteiger partial charge in [-0.3, -0.25) is 28.8 Å². The number of unbranched alkanes of at least 4 members (excludes halogenated alkanes) is 22. The number of nitrogens with one attached hydrogen (secondary N) is 4. The van der Waals surface area contributed by atoms with Crippen LogP contribution < -0.4 is 21.3 Å². The smallest absolute Gasteiger partial charge is 0.302 e. The topological polar surface area (TPSA) is 265 Å². The molecule has 4 unspecified atom stereocenters. The Morgan fingerprint density at radius 3 is 1.17 bits per heavy atom. The molecule has 111 heavy (non-hydrogen) atoms. The highest BCUT2D eigenvalue weighted by atomic mass is 16.7. The molecule has 3 aliphatic rings. The summed E-state index contributed by atoms with van der Waals surface area (Å²) in [5, 5.41) is 11.9. The summed E-state index contributed by atoms with van der Waals surface area (Å²) in [4.78, 5) is 75.5. The van der Waals surface area contributed by atoms with Crippen molar-refractivity contribution in [2.45, 2.75) is 336 Å². The van der Waals surface area contributed by atoms with E-state index in [1.807, 2.05) is 27.7 Å². The highest BCUT2D eigenvalue weighted by molar-refractivity contribution is 5.76. The molecule has 0 saturated carbocycles. The minimum absolute atomic E-state index is 0.00330. The lowest BCUT2D eigenvalue weighted by molar-refractivity contribution is -0.247. The molecule has 4 N–H and O–H groups in total. The molecule has 23 heteroatoms. The van der Waals surface area contributed by atoms with Gasteiger partial charge in [-0.2, -0.15) is 0 Å². The number of nitrogens with zero attached hydrogens (tertiary/aromatic N) is 1. The molecule has 3 aliphatic heterocycles. The first-order valence-corrected chi connectivity index (χ1v) is 43.7. The second kappa shape index (κ2) is 66.5. The van der Waals surface area contributed by atoms with Crippen LogP contribution in [0.5, 0.6) is 0 Å². The molecule has 0 bridgehead atoms. The quantitative estimate of drug-likeness (QED) is 0.0250. The number of hydrogen-bond acceptors (Lipinski definition) is 19. The first kappa shape index (κ1) is 101. The summed E-state index contributed by atoms with van der Waals surface area (Å²) < 4.78 is 71.9. The first-order chi connectivity index (χ1) is 53.9. The van der Waals surface area contributed by atoms with Gasteiger partial charge in [0.25, 0.3) is 0 Å². The van der Waals surface area contributed by atoms with Gasteiger partial charge in [0, 0.05) is 73.0 Å². The Morgan fingerprint density at radius 2 is 0.784 bits per heavy atom. The van der Waals surface area contributed by atoms with Crippen molar-refractivity contribution >= 4 is 35.6 Å². The zero-order valence-corrected chi connectivity index (χ0v) is 71.0. The maximum Gasteiger partial charge on any atom is 0.302 e. The van der Waals surface area contributed by atoms with Crippen molar-refractivity contribution in [1.29, 1.82) is 0 Å². The van der Waals surface area contributed by atoms with E-state index < -0.39 is 18.4 Å². The number of amides is 4. The van der Waals surface area contributed by atoms with Gasteiger partial charge in [-0.15, -0.1) is 0 Å². The molecule has 0 aliphatic carbocycles. The summed E-state index contributed by atoms with van der Waals surface area (Å²) in [6.07, 6.45) is 53.5. The Bertz CT molecular complexity index is 2350. The van der Waals surface area contributed by atoms with Crippen LogP contribution in [0.2, 0.25) is 0 Å². The van der Waals surface area contributed by atoms with E-state index in [0.717, 1.165) is 110 Å². The van der Waals surface area contributed by atoms with Gasteiger partial charge in [0.15, 0.2) is 18.4 Å². The highest BCUT2D eigenvalue weighted by Crippen LogP contribution is 2.37. The number of carbonyl (C=O) groups is 6. The largest absolute Gasteiger partial charge is 0.463 e. The molecule has 3 saturated heterocycles. The van der Waals surface area contributed by atoms with E-state index >= 15 is 0 Å². The second-order valence-electron chi connectivity index (χ2n) is 31.0. The predicted octanol–water partition coefficient (Wildman–Crippen LogP) is 15.4. The molecule has 4 amide bonds. The van der Waals surface area contributed by atoms with Crippen LogP contribution in [0, 0.1) is 23.7 Å². The van der Waals surface area contributed by atoms with Gasteiger partial charge >= 0.3 is 11.9 Å². The van der Waals surface area contributed by atoms with Crippen LogP contribution in [0.3, 0.4) is 0 Å². The van der Waals surface area contributed by atoms with Gasteiger partial charge in [0.1, 0.15) is 13.2 Å². The molecule has 11 atom stereocenters. The van der Waals surface area contributed by atoms with Crippen LogP contribution in [0.4, 0.5) is 0 Å². The number of carbonyl (C=O) groups excluding carboxylic acids is 6. The lowest BCUT2D eigenvalue weighted by Crippen LogP contribution is -2.58. The van der Waals surface area contributed by atoms with E-state index in [-0.39, 0.29) is 129 Å². The monoisotopic (exact) mass is 1570 g/mol. The van der Waals surface area contributed by atoms with Crippen molar-refractivity contribution in [2.75, 3.05) is 119 Å². The van der Waals surface area contributed by atoms with Gasteiger partial charge in [-0.1, -0.05) is 180 Å². The lowest BCUT2D eigenvalue weighted by Gasteiger charge is -2.44. The van der Waals surface area contributed by atoms with Gasteiger partial charge in [0.2, 0.25) is 23.6 Å². The maximum atomic E-state index is 13.0. The summed E-state index contributed by atoms with van der Waals surface area (Å²) in [5.74, 6) is -1.63. The molecule has 3 heterocycles. The fraction of sp³-hybridized carbons (Fsp3) is 0.841. The molecule has 23 nitrogen and oxygen atoms in total. The van der Waals surface area contributed by atoms with E-state index in [1.165, 1.54) is 143 Å². The van der Waals surface area contributed by atoms with Gasteiger partial charge in [-0.05, 0) is 139 Å². The standard InChI is InChI=1S/C88H157N5O18/c1-11-13-15-17-19-21-23-25-27-29-31-33-35-37-39-45-51-88(52-46-40-38-36-34-32-30-28-26-24-22-20-18-16-14-12-2)108-68-79(111-88)67-93(55-47-41-43-49-82(98)89-53-57-100-59-61-102-63-65-104-86-84(91-75(7)94)73(5)71(3)80(109-86)69-106-77(9)96)56-48-42-44-50-83(99)90-54-58-101-60-62-103-64-66-105-87-85(92-76(8)95)74(6)72(4)81(110-87)70-107-78(10)97/h19-22,25-28,71-74,79-81,84-87H,11-18,23-24,29-70H2,1-10H3,(H,89,98)(H,90,99)(H,91,94)(H,92,95)/b21-19-,22-20-,27-25-,28-26-/t71-,72-,73+,74+,79+,80?,81?,84?,85?,86-,87-/m1/s1. The number of ether oxygens (including phenoxy) is 12. The number of hydrogen-bond donors (Lipinski definition) is 4. The minimum atomic E-state index is -0.726. The summed E-state index contributed by atoms with van der Waals surface area (Å²) >= 11 is 0. The van der Waals surface area contributed by atoms with Gasteiger partial charge in [-0.25, -0.2) is 0 Å². The molecule has 3 rings (SSSR count). The third kappa shape index (κ3) is 51.1.